The van der Waals surface area contributed by atoms with E-state index in [-0.39, 0.29) is 5.91 Å². The number of quaternary nitrogens is 1. The van der Waals surface area contributed by atoms with Crippen molar-refractivity contribution in [1.82, 2.24) is 0 Å². The van der Waals surface area contributed by atoms with Gasteiger partial charge in [-0.25, -0.2) is 4.79 Å². The zero-order chi connectivity index (χ0) is 8.20. The lowest BCUT2D eigenvalue weighted by Crippen LogP contribution is -2.47. The fraction of sp³-hybridized carbons (Fsp3) is 0.571. The van der Waals surface area contributed by atoms with E-state index >= 15 is 0 Å². The Morgan fingerprint density at radius 2 is 2.20 bits per heavy atom. The largest absolute Gasteiger partial charge is 0.337 e. The molecule has 0 saturated heterocycles. The molecular formula is C7H15N2O+. The number of nitrogens with zero attached hydrogens (tertiary/aromatic N) is 1. The molecule has 10 heavy (non-hydrogen) atoms. The Bertz CT molecular complexity index is 141. The van der Waals surface area contributed by atoms with Crippen molar-refractivity contribution in [2.45, 2.75) is 0 Å². The molecule has 0 aliphatic heterocycles. The molecule has 0 aliphatic rings. The van der Waals surface area contributed by atoms with Gasteiger partial charge in [0.15, 0.2) is 0 Å². The molecule has 0 heterocycles. The third-order valence-corrected chi connectivity index (χ3v) is 1.46. The van der Waals surface area contributed by atoms with Crippen LogP contribution >= 0.6 is 0 Å². The lowest BCUT2D eigenvalue weighted by Gasteiger charge is -2.24. The molecule has 0 rings (SSSR count). The predicted molar refractivity (Wildman–Crippen MR) is 41.2 cm³/mol. The Hall–Kier alpha value is -0.670. The molecule has 0 bridgehead atoms. The average molecular weight is 143 g/mol. The van der Waals surface area contributed by atoms with E-state index in [1.807, 2.05) is 14.1 Å². The van der Waals surface area contributed by atoms with Crippen LogP contribution in [-0.2, 0) is 4.79 Å². The minimum Gasteiger partial charge on any atom is -0.326 e. The van der Waals surface area contributed by atoms with E-state index < -0.39 is 0 Å². The van der Waals surface area contributed by atoms with Crippen molar-refractivity contribution in [1.29, 1.82) is 0 Å². The van der Waals surface area contributed by atoms with Gasteiger partial charge in [0.25, 0.3) is 0 Å². The molecular weight excluding hydrogens is 128 g/mol. The molecule has 0 atom stereocenters. The lowest BCUT2D eigenvalue weighted by atomic mass is 10.4. The Morgan fingerprint density at radius 1 is 1.70 bits per heavy atom. The monoisotopic (exact) mass is 143 g/mol. The first-order chi connectivity index (χ1) is 4.54. The first kappa shape index (κ1) is 9.33. The second-order valence-electron chi connectivity index (χ2n) is 2.74. The van der Waals surface area contributed by atoms with Crippen LogP contribution in [0.5, 0.6) is 0 Å². The van der Waals surface area contributed by atoms with Crippen molar-refractivity contribution in [3.8, 4) is 0 Å². The highest BCUT2D eigenvalue weighted by Gasteiger charge is 2.21. The standard InChI is InChI=1S/C7H15N2O/c1-4-7(10)9(2,3)6-5-8/h4H,1,5-6,8H2,2-3H3/q+1. The topological polar surface area (TPSA) is 43.1 Å². The van der Waals surface area contributed by atoms with E-state index in [0.717, 1.165) is 0 Å². The summed E-state index contributed by atoms with van der Waals surface area (Å²) in [5, 5.41) is 0. The summed E-state index contributed by atoms with van der Waals surface area (Å²) in [5.41, 5.74) is 5.30. The van der Waals surface area contributed by atoms with Gasteiger partial charge in [-0.05, 0) is 0 Å². The Balaban J connectivity index is 4.08. The molecule has 0 aromatic rings. The first-order valence-electron chi connectivity index (χ1n) is 3.24. The SMILES string of the molecule is C=CC(=O)[N+](C)(C)CCN. The summed E-state index contributed by atoms with van der Waals surface area (Å²) in [7, 11) is 3.63. The van der Waals surface area contributed by atoms with E-state index in [9.17, 15) is 4.79 Å². The highest BCUT2D eigenvalue weighted by molar-refractivity contribution is 5.80. The van der Waals surface area contributed by atoms with Crippen LogP contribution in [0.2, 0.25) is 0 Å². The molecule has 0 aliphatic carbocycles. The van der Waals surface area contributed by atoms with Gasteiger partial charge in [-0.15, -0.1) is 0 Å². The Kier molecular flexibility index (Phi) is 3.25. The summed E-state index contributed by atoms with van der Waals surface area (Å²) >= 11 is 0. The normalized spacial score (nSPS) is 11.1. The highest BCUT2D eigenvalue weighted by Crippen LogP contribution is 1.96. The van der Waals surface area contributed by atoms with Gasteiger partial charge in [-0.2, -0.15) is 0 Å². The number of carbonyl (C=O) groups is 1. The molecule has 2 N–H and O–H groups in total. The minimum atomic E-state index is 0.00505. The van der Waals surface area contributed by atoms with Gasteiger partial charge in [-0.3, -0.25) is 4.48 Å². The fourth-order valence-electron chi connectivity index (χ4n) is 0.680. The summed E-state index contributed by atoms with van der Waals surface area (Å²) in [4.78, 5) is 11.0. The van der Waals surface area contributed by atoms with Crippen LogP contribution in [-0.4, -0.2) is 37.6 Å². The zero-order valence-corrected chi connectivity index (χ0v) is 6.63. The number of rotatable bonds is 3. The molecule has 0 fully saturated rings. The number of hydrogen-bond acceptors (Lipinski definition) is 2. The van der Waals surface area contributed by atoms with Crippen LogP contribution in [0.4, 0.5) is 0 Å². The van der Waals surface area contributed by atoms with Crippen LogP contribution in [0.3, 0.4) is 0 Å². The van der Waals surface area contributed by atoms with E-state index in [0.29, 0.717) is 17.6 Å². The van der Waals surface area contributed by atoms with Crippen molar-refractivity contribution in [3.63, 3.8) is 0 Å². The number of nitrogens with two attached hydrogens (primary N) is 1. The third-order valence-electron chi connectivity index (χ3n) is 1.46. The number of hydrogen-bond donors (Lipinski definition) is 1. The highest BCUT2D eigenvalue weighted by atomic mass is 16.2. The van der Waals surface area contributed by atoms with Crippen molar-refractivity contribution in [3.05, 3.63) is 12.7 Å². The van der Waals surface area contributed by atoms with Crippen molar-refractivity contribution in [2.24, 2.45) is 5.73 Å². The summed E-state index contributed by atoms with van der Waals surface area (Å²) in [6, 6.07) is 0. The van der Waals surface area contributed by atoms with Gasteiger partial charge in [-0.1, -0.05) is 6.58 Å². The molecule has 1 amide bonds. The summed E-state index contributed by atoms with van der Waals surface area (Å²) < 4.78 is 0.292. The number of likely N-dealkylation sites (N-methyl/N-ethyl adjacent to an activating group) is 1. The van der Waals surface area contributed by atoms with Gasteiger partial charge in [0.2, 0.25) is 0 Å². The lowest BCUT2D eigenvalue weighted by molar-refractivity contribution is -0.809. The maximum Gasteiger partial charge on any atom is 0.337 e. The van der Waals surface area contributed by atoms with E-state index in [4.69, 9.17) is 5.73 Å². The summed E-state index contributed by atoms with van der Waals surface area (Å²) in [5.74, 6) is 0.00505. The molecule has 0 aromatic heterocycles. The van der Waals surface area contributed by atoms with Crippen LogP contribution in [0.15, 0.2) is 12.7 Å². The Labute approximate surface area is 61.7 Å². The summed E-state index contributed by atoms with van der Waals surface area (Å²) in [6.45, 7) is 4.58. The molecule has 0 aromatic carbocycles. The second kappa shape index (κ2) is 3.49. The molecule has 0 radical (unpaired) electrons. The van der Waals surface area contributed by atoms with Crippen LogP contribution in [0.25, 0.3) is 0 Å². The van der Waals surface area contributed by atoms with E-state index in [1.165, 1.54) is 6.08 Å². The third kappa shape index (κ3) is 2.29. The maximum absolute atomic E-state index is 11.0. The molecule has 0 unspecified atom stereocenters. The van der Waals surface area contributed by atoms with Gasteiger partial charge in [0.05, 0.1) is 20.6 Å². The van der Waals surface area contributed by atoms with E-state index in [1.54, 1.807) is 0 Å². The van der Waals surface area contributed by atoms with Gasteiger partial charge in [0, 0.05) is 12.6 Å². The molecule has 3 nitrogen and oxygen atoms in total. The fourth-order valence-corrected chi connectivity index (χ4v) is 0.680. The van der Waals surface area contributed by atoms with Crippen molar-refractivity contribution in [2.75, 3.05) is 27.2 Å². The minimum absolute atomic E-state index is 0.00505. The zero-order valence-electron chi connectivity index (χ0n) is 6.63. The predicted octanol–water partition coefficient (Wildman–Crippen LogP) is -0.266. The van der Waals surface area contributed by atoms with Gasteiger partial charge in [0.1, 0.15) is 0 Å². The molecule has 0 spiro atoms. The number of amides is 1. The van der Waals surface area contributed by atoms with Crippen molar-refractivity contribution < 1.29 is 9.28 Å². The second-order valence-corrected chi connectivity index (χ2v) is 2.74. The molecule has 58 valence electrons. The van der Waals surface area contributed by atoms with Crippen molar-refractivity contribution >= 4 is 5.91 Å². The number of carbonyl (C=O) groups excluding carboxylic acids is 1. The molecule has 3 heteroatoms. The maximum atomic E-state index is 11.0. The van der Waals surface area contributed by atoms with Gasteiger partial charge >= 0.3 is 5.91 Å². The smallest absolute Gasteiger partial charge is 0.326 e. The van der Waals surface area contributed by atoms with Crippen LogP contribution in [0.1, 0.15) is 0 Å². The van der Waals surface area contributed by atoms with Crippen LogP contribution in [0, 0.1) is 0 Å². The average Bonchev–Trinajstić information content (AvgIpc) is 1.86. The quantitative estimate of drug-likeness (QED) is 0.436. The van der Waals surface area contributed by atoms with E-state index in [2.05, 4.69) is 6.58 Å². The first-order valence-corrected chi connectivity index (χ1v) is 3.24. The van der Waals surface area contributed by atoms with Crippen LogP contribution < -0.4 is 5.73 Å². The van der Waals surface area contributed by atoms with Gasteiger partial charge < -0.3 is 5.73 Å². The summed E-state index contributed by atoms with van der Waals surface area (Å²) in [6.07, 6.45) is 1.33. The molecule has 0 saturated carbocycles. The Morgan fingerprint density at radius 3 is 2.50 bits per heavy atom.